The van der Waals surface area contributed by atoms with Gasteiger partial charge >= 0.3 is 5.91 Å². The number of furan rings is 1. The van der Waals surface area contributed by atoms with Gasteiger partial charge in [-0.2, -0.15) is 5.10 Å². The molecule has 2 heterocycles. The maximum absolute atomic E-state index is 13.3. The summed E-state index contributed by atoms with van der Waals surface area (Å²) in [6, 6.07) is 16.9. The van der Waals surface area contributed by atoms with Gasteiger partial charge in [0.15, 0.2) is 21.9 Å². The van der Waals surface area contributed by atoms with E-state index in [2.05, 4.69) is 15.9 Å². The van der Waals surface area contributed by atoms with Gasteiger partial charge in [0, 0.05) is 31.8 Å². The highest BCUT2D eigenvalue weighted by Gasteiger charge is 2.35. The van der Waals surface area contributed by atoms with Crippen LogP contribution in [0.1, 0.15) is 34.1 Å². The lowest BCUT2D eigenvalue weighted by molar-refractivity contribution is 0.0677. The lowest BCUT2D eigenvalue weighted by Crippen LogP contribution is -2.26. The van der Waals surface area contributed by atoms with E-state index >= 15 is 0 Å². The first-order valence-corrected chi connectivity index (χ1v) is 10.9. The fourth-order valence-electron chi connectivity index (χ4n) is 3.68. The summed E-state index contributed by atoms with van der Waals surface area (Å²) in [7, 11) is 7.18. The van der Waals surface area contributed by atoms with Crippen LogP contribution < -0.4 is 14.4 Å². The van der Waals surface area contributed by atoms with Crippen molar-refractivity contribution in [3.8, 4) is 11.5 Å². The smallest absolute Gasteiger partial charge is 0.310 e. The molecule has 3 aromatic rings. The van der Waals surface area contributed by atoms with Crippen LogP contribution in [0.15, 0.2) is 68.8 Å². The molecule has 166 valence electrons. The number of rotatable bonds is 6. The molecule has 1 aromatic heterocycles. The maximum Gasteiger partial charge on any atom is 0.310 e. The van der Waals surface area contributed by atoms with E-state index in [-0.39, 0.29) is 17.7 Å². The van der Waals surface area contributed by atoms with E-state index in [1.165, 1.54) is 5.01 Å². The fraction of sp³-hybridized carbons (Fsp3) is 0.250. The number of hydrogen-bond acceptors (Lipinski definition) is 6. The number of hydrazone groups is 1. The molecule has 0 bridgehead atoms. The van der Waals surface area contributed by atoms with E-state index in [1.54, 1.807) is 26.4 Å². The molecule has 1 aliphatic heterocycles. The van der Waals surface area contributed by atoms with Crippen molar-refractivity contribution in [1.82, 2.24) is 5.01 Å². The summed E-state index contributed by atoms with van der Waals surface area (Å²) >= 11 is 3.26. The molecule has 32 heavy (non-hydrogen) atoms. The second-order valence-corrected chi connectivity index (χ2v) is 8.36. The standard InChI is InChI=1S/C24H24BrN3O4/c1-27(2)17-8-5-15(6-9-17)19-14-18(16-7-10-20(30-3)22(13-16)31-4)26-28(19)24(29)21-11-12-23(25)32-21/h5-13,19H,14H2,1-4H3/t19-/m1/s1. The molecule has 1 atom stereocenters. The van der Waals surface area contributed by atoms with E-state index in [9.17, 15) is 4.79 Å². The largest absolute Gasteiger partial charge is 0.493 e. The molecule has 0 saturated heterocycles. The molecule has 0 spiro atoms. The average Bonchev–Trinajstić information content (AvgIpc) is 3.45. The zero-order chi connectivity index (χ0) is 22.8. The van der Waals surface area contributed by atoms with Crippen molar-refractivity contribution in [2.24, 2.45) is 5.10 Å². The van der Waals surface area contributed by atoms with Crippen LogP contribution in [0, 0.1) is 0 Å². The van der Waals surface area contributed by atoms with Crippen molar-refractivity contribution in [1.29, 1.82) is 0 Å². The number of methoxy groups -OCH3 is 2. The molecule has 2 aromatic carbocycles. The van der Waals surface area contributed by atoms with Crippen LogP contribution in [0.3, 0.4) is 0 Å². The van der Waals surface area contributed by atoms with Crippen LogP contribution in [0.25, 0.3) is 0 Å². The maximum atomic E-state index is 13.3. The molecule has 0 N–H and O–H groups in total. The number of amides is 1. The number of carbonyl (C=O) groups excluding carboxylic acids is 1. The van der Waals surface area contributed by atoms with Gasteiger partial charge in [0.05, 0.1) is 26.0 Å². The fourth-order valence-corrected chi connectivity index (χ4v) is 3.99. The van der Waals surface area contributed by atoms with Gasteiger partial charge in [-0.05, 0) is 64.0 Å². The SMILES string of the molecule is COc1ccc(C2=NN(C(=O)c3ccc(Br)o3)[C@@H](c3ccc(N(C)C)cc3)C2)cc1OC. The Morgan fingerprint density at radius 3 is 2.38 bits per heavy atom. The first-order valence-electron chi connectivity index (χ1n) is 10.1. The molecular formula is C24H24BrN3O4. The quantitative estimate of drug-likeness (QED) is 0.472. The lowest BCUT2D eigenvalue weighted by atomic mass is 9.97. The second-order valence-electron chi connectivity index (χ2n) is 7.58. The number of anilines is 1. The zero-order valence-electron chi connectivity index (χ0n) is 18.3. The van der Waals surface area contributed by atoms with Gasteiger partial charge in [-0.15, -0.1) is 0 Å². The molecular weight excluding hydrogens is 474 g/mol. The van der Waals surface area contributed by atoms with E-state index in [4.69, 9.17) is 19.0 Å². The Balaban J connectivity index is 1.72. The molecule has 0 saturated carbocycles. The predicted molar refractivity (Wildman–Crippen MR) is 127 cm³/mol. The minimum Gasteiger partial charge on any atom is -0.493 e. The minimum atomic E-state index is -0.298. The molecule has 0 radical (unpaired) electrons. The number of hydrogen-bond donors (Lipinski definition) is 0. The summed E-state index contributed by atoms with van der Waals surface area (Å²) in [6.07, 6.45) is 0.560. The van der Waals surface area contributed by atoms with Crippen molar-refractivity contribution in [2.75, 3.05) is 33.2 Å². The van der Waals surface area contributed by atoms with Crippen LogP contribution in [-0.2, 0) is 0 Å². The summed E-state index contributed by atoms with van der Waals surface area (Å²) in [5.41, 5.74) is 3.73. The Labute approximate surface area is 195 Å². The second kappa shape index (κ2) is 9.08. The summed E-state index contributed by atoms with van der Waals surface area (Å²) in [5, 5.41) is 6.21. The number of ether oxygens (including phenoxy) is 2. The van der Waals surface area contributed by atoms with Crippen LogP contribution in [0.5, 0.6) is 11.5 Å². The number of benzene rings is 2. The van der Waals surface area contributed by atoms with Gasteiger partial charge in [-0.1, -0.05) is 12.1 Å². The monoisotopic (exact) mass is 497 g/mol. The van der Waals surface area contributed by atoms with Gasteiger partial charge in [0.1, 0.15) is 0 Å². The molecule has 8 heteroatoms. The van der Waals surface area contributed by atoms with Crippen LogP contribution >= 0.6 is 15.9 Å². The molecule has 4 rings (SSSR count). The third-order valence-corrected chi connectivity index (χ3v) is 5.84. The third-order valence-electron chi connectivity index (χ3n) is 5.41. The highest BCUT2D eigenvalue weighted by Crippen LogP contribution is 2.37. The van der Waals surface area contributed by atoms with Gasteiger partial charge in [-0.3, -0.25) is 4.79 Å². The Hall–Kier alpha value is -3.26. The lowest BCUT2D eigenvalue weighted by Gasteiger charge is -2.22. The van der Waals surface area contributed by atoms with E-state index in [1.807, 2.05) is 61.5 Å². The Morgan fingerprint density at radius 2 is 1.78 bits per heavy atom. The summed E-state index contributed by atoms with van der Waals surface area (Å²) in [5.74, 6) is 1.18. The van der Waals surface area contributed by atoms with Crippen molar-refractivity contribution in [3.05, 3.63) is 76.2 Å². The van der Waals surface area contributed by atoms with Crippen molar-refractivity contribution in [2.45, 2.75) is 12.5 Å². The molecule has 7 nitrogen and oxygen atoms in total. The third kappa shape index (κ3) is 4.23. The summed E-state index contributed by atoms with van der Waals surface area (Å²) < 4.78 is 16.8. The molecule has 1 aliphatic rings. The summed E-state index contributed by atoms with van der Waals surface area (Å²) in [4.78, 5) is 15.3. The van der Waals surface area contributed by atoms with Gasteiger partial charge in [-0.25, -0.2) is 5.01 Å². The van der Waals surface area contributed by atoms with Crippen LogP contribution in [-0.4, -0.2) is 44.9 Å². The number of halogens is 1. The number of carbonyl (C=O) groups is 1. The van der Waals surface area contributed by atoms with Crippen molar-refractivity contribution >= 4 is 33.2 Å². The molecule has 0 fully saturated rings. The van der Waals surface area contributed by atoms with E-state index < -0.39 is 0 Å². The summed E-state index contributed by atoms with van der Waals surface area (Å²) in [6.45, 7) is 0. The number of nitrogens with zero attached hydrogens (tertiary/aromatic N) is 3. The van der Waals surface area contributed by atoms with Crippen LogP contribution in [0.2, 0.25) is 0 Å². The highest BCUT2D eigenvalue weighted by molar-refractivity contribution is 9.10. The van der Waals surface area contributed by atoms with Crippen molar-refractivity contribution < 1.29 is 18.7 Å². The minimum absolute atomic E-state index is 0.226. The first kappa shape index (κ1) is 22.0. The van der Waals surface area contributed by atoms with Crippen LogP contribution in [0.4, 0.5) is 5.69 Å². The molecule has 1 amide bonds. The van der Waals surface area contributed by atoms with Gasteiger partial charge in [0.2, 0.25) is 0 Å². The molecule has 0 unspecified atom stereocenters. The van der Waals surface area contributed by atoms with Crippen molar-refractivity contribution in [3.63, 3.8) is 0 Å². The Morgan fingerprint density at radius 1 is 1.06 bits per heavy atom. The van der Waals surface area contributed by atoms with E-state index in [0.717, 1.165) is 22.5 Å². The highest BCUT2D eigenvalue weighted by atomic mass is 79.9. The normalized spacial score (nSPS) is 15.5. The zero-order valence-corrected chi connectivity index (χ0v) is 19.9. The average molecular weight is 498 g/mol. The van der Waals surface area contributed by atoms with Gasteiger partial charge in [0.25, 0.3) is 0 Å². The first-order chi connectivity index (χ1) is 15.4. The predicted octanol–water partition coefficient (Wildman–Crippen LogP) is 5.12. The molecule has 0 aliphatic carbocycles. The van der Waals surface area contributed by atoms with E-state index in [0.29, 0.717) is 22.6 Å². The van der Waals surface area contributed by atoms with Gasteiger partial charge < -0.3 is 18.8 Å². The Kier molecular flexibility index (Phi) is 6.23. The Bertz CT molecular complexity index is 1150. The topological polar surface area (TPSA) is 67.5 Å².